The van der Waals surface area contributed by atoms with E-state index in [0.29, 0.717) is 24.0 Å². The van der Waals surface area contributed by atoms with Gasteiger partial charge in [-0.3, -0.25) is 14.2 Å². The maximum Gasteiger partial charge on any atom is 0.266 e. The summed E-state index contributed by atoms with van der Waals surface area (Å²) in [5, 5.41) is 0.679. The minimum Gasteiger partial charge on any atom is -0.372 e. The van der Waals surface area contributed by atoms with Crippen LogP contribution < -0.4 is 5.56 Å². The van der Waals surface area contributed by atoms with Crippen molar-refractivity contribution in [3.63, 3.8) is 0 Å². The molecule has 2 aromatic carbocycles. The van der Waals surface area contributed by atoms with E-state index in [1.54, 1.807) is 41.3 Å². The first-order valence-electron chi connectivity index (χ1n) is 9.76. The summed E-state index contributed by atoms with van der Waals surface area (Å²) < 4.78 is 21.5. The van der Waals surface area contributed by atoms with Crippen molar-refractivity contribution in [3.05, 3.63) is 64.7 Å². The molecule has 1 amide bonds. The molecule has 2 heterocycles. The molecule has 8 heteroatoms. The zero-order valence-corrected chi connectivity index (χ0v) is 17.6. The van der Waals surface area contributed by atoms with Crippen LogP contribution in [0.25, 0.3) is 16.6 Å². The molecule has 4 rings (SSSR count). The summed E-state index contributed by atoms with van der Waals surface area (Å²) in [5.74, 6) is -0.497. The Hall–Kier alpha value is -2.71. The van der Waals surface area contributed by atoms with Crippen molar-refractivity contribution in [3.8, 4) is 5.69 Å². The van der Waals surface area contributed by atoms with E-state index < -0.39 is 5.82 Å². The highest BCUT2D eigenvalue weighted by Gasteiger charge is 2.26. The van der Waals surface area contributed by atoms with Crippen LogP contribution >= 0.6 is 11.8 Å². The minimum absolute atomic E-state index is 0.0295. The van der Waals surface area contributed by atoms with E-state index in [0.717, 1.165) is 11.8 Å². The maximum absolute atomic E-state index is 14.5. The first-order valence-corrected chi connectivity index (χ1v) is 10.8. The minimum atomic E-state index is -0.527. The molecule has 0 radical (unpaired) electrons. The highest BCUT2D eigenvalue weighted by Crippen LogP contribution is 2.23. The normalized spacial score (nSPS) is 19.2. The Labute approximate surface area is 177 Å². The average Bonchev–Trinajstić information content (AvgIpc) is 2.72. The standard InChI is InChI=1S/C22H22FN3O3S/c1-14-11-25(12-15(2)29-14)20(27)13-30-22-24-18-9-5-3-7-16(18)21(28)26(22)19-10-6-4-8-17(19)23/h3-10,14-15H,11-13H2,1-2H3. The Morgan fingerprint density at radius 3 is 2.53 bits per heavy atom. The number of halogens is 1. The quantitative estimate of drug-likeness (QED) is 0.472. The molecule has 1 aliphatic heterocycles. The Kier molecular flexibility index (Phi) is 5.87. The van der Waals surface area contributed by atoms with E-state index in [9.17, 15) is 14.0 Å². The van der Waals surface area contributed by atoms with Gasteiger partial charge in [0, 0.05) is 13.1 Å². The summed E-state index contributed by atoms with van der Waals surface area (Å²) >= 11 is 1.14. The molecule has 2 unspecified atom stereocenters. The van der Waals surface area contributed by atoms with Gasteiger partial charge in [-0.25, -0.2) is 9.37 Å². The van der Waals surface area contributed by atoms with Crippen LogP contribution in [-0.4, -0.2) is 51.4 Å². The van der Waals surface area contributed by atoms with E-state index in [4.69, 9.17) is 4.74 Å². The fourth-order valence-corrected chi connectivity index (χ4v) is 4.56. The molecular formula is C22H22FN3O3S. The summed E-state index contributed by atoms with van der Waals surface area (Å²) in [4.78, 5) is 32.3. The summed E-state index contributed by atoms with van der Waals surface area (Å²) in [7, 11) is 0. The van der Waals surface area contributed by atoms with Gasteiger partial charge in [-0.05, 0) is 38.1 Å². The van der Waals surface area contributed by atoms with Gasteiger partial charge in [0.25, 0.3) is 5.56 Å². The molecule has 1 aromatic heterocycles. The van der Waals surface area contributed by atoms with Crippen molar-refractivity contribution in [2.45, 2.75) is 31.2 Å². The lowest BCUT2D eigenvalue weighted by Crippen LogP contribution is -2.48. The molecule has 2 atom stereocenters. The average molecular weight is 428 g/mol. The molecule has 0 bridgehead atoms. The maximum atomic E-state index is 14.5. The van der Waals surface area contributed by atoms with Crippen LogP contribution in [-0.2, 0) is 9.53 Å². The van der Waals surface area contributed by atoms with E-state index in [2.05, 4.69) is 4.98 Å². The number of benzene rings is 2. The number of amides is 1. The number of morpholine rings is 1. The molecule has 0 saturated carbocycles. The fraction of sp³-hybridized carbons (Fsp3) is 0.318. The second kappa shape index (κ2) is 8.57. The number of hydrogen-bond acceptors (Lipinski definition) is 5. The molecule has 0 spiro atoms. The molecule has 1 fully saturated rings. The van der Waals surface area contributed by atoms with Gasteiger partial charge in [-0.2, -0.15) is 0 Å². The molecule has 3 aromatic rings. The van der Waals surface area contributed by atoms with Crippen molar-refractivity contribution in [1.29, 1.82) is 0 Å². The number of aromatic nitrogens is 2. The zero-order valence-electron chi connectivity index (χ0n) is 16.7. The predicted molar refractivity (Wildman–Crippen MR) is 115 cm³/mol. The van der Waals surface area contributed by atoms with Gasteiger partial charge < -0.3 is 9.64 Å². The summed E-state index contributed by atoms with van der Waals surface area (Å²) in [5.41, 5.74) is 0.261. The van der Waals surface area contributed by atoms with Gasteiger partial charge in [0.15, 0.2) is 5.16 Å². The smallest absolute Gasteiger partial charge is 0.266 e. The van der Waals surface area contributed by atoms with Gasteiger partial charge in [0.2, 0.25) is 5.91 Å². The van der Waals surface area contributed by atoms with Crippen LogP contribution in [0.5, 0.6) is 0 Å². The van der Waals surface area contributed by atoms with Gasteiger partial charge in [0.1, 0.15) is 5.82 Å². The van der Waals surface area contributed by atoms with Crippen molar-refractivity contribution in [2.75, 3.05) is 18.8 Å². The Morgan fingerprint density at radius 2 is 1.80 bits per heavy atom. The second-order valence-electron chi connectivity index (χ2n) is 7.35. The number of carbonyl (C=O) groups is 1. The molecule has 1 saturated heterocycles. The number of rotatable bonds is 4. The van der Waals surface area contributed by atoms with Crippen LogP contribution in [0.15, 0.2) is 58.5 Å². The highest BCUT2D eigenvalue weighted by molar-refractivity contribution is 7.99. The van der Waals surface area contributed by atoms with E-state index >= 15 is 0 Å². The van der Waals surface area contributed by atoms with Crippen LogP contribution in [0.3, 0.4) is 0 Å². The van der Waals surface area contributed by atoms with Crippen LogP contribution in [0.1, 0.15) is 13.8 Å². The van der Waals surface area contributed by atoms with Crippen molar-refractivity contribution >= 4 is 28.6 Å². The number of hydrogen-bond donors (Lipinski definition) is 0. The van der Waals surface area contributed by atoms with Crippen LogP contribution in [0.4, 0.5) is 4.39 Å². The summed E-state index contributed by atoms with van der Waals surface area (Å²) in [6.45, 7) is 4.91. The van der Waals surface area contributed by atoms with E-state index in [1.165, 1.54) is 16.7 Å². The zero-order chi connectivity index (χ0) is 21.3. The van der Waals surface area contributed by atoms with Crippen LogP contribution in [0, 0.1) is 5.82 Å². The van der Waals surface area contributed by atoms with Gasteiger partial charge in [0.05, 0.1) is 34.6 Å². The number of ether oxygens (including phenoxy) is 1. The third kappa shape index (κ3) is 4.11. The monoisotopic (exact) mass is 427 g/mol. The topological polar surface area (TPSA) is 64.4 Å². The van der Waals surface area contributed by atoms with Gasteiger partial charge in [-0.1, -0.05) is 36.0 Å². The molecule has 0 N–H and O–H groups in total. The molecule has 156 valence electrons. The van der Waals surface area contributed by atoms with Gasteiger partial charge >= 0.3 is 0 Å². The molecular weight excluding hydrogens is 405 g/mol. The second-order valence-corrected chi connectivity index (χ2v) is 8.29. The predicted octanol–water partition coefficient (Wildman–Crippen LogP) is 3.25. The number of carbonyl (C=O) groups excluding carboxylic acids is 1. The van der Waals surface area contributed by atoms with Gasteiger partial charge in [-0.15, -0.1) is 0 Å². The van der Waals surface area contributed by atoms with E-state index in [1.807, 2.05) is 13.8 Å². The third-order valence-electron chi connectivity index (χ3n) is 4.94. The van der Waals surface area contributed by atoms with Crippen molar-refractivity contribution in [1.82, 2.24) is 14.5 Å². The Morgan fingerprint density at radius 1 is 1.13 bits per heavy atom. The highest BCUT2D eigenvalue weighted by atomic mass is 32.2. The Balaban J connectivity index is 1.69. The number of fused-ring (bicyclic) bond motifs is 1. The first-order chi connectivity index (χ1) is 14.4. The third-order valence-corrected chi connectivity index (χ3v) is 5.86. The lowest BCUT2D eigenvalue weighted by Gasteiger charge is -2.35. The fourth-order valence-electron chi connectivity index (χ4n) is 3.65. The summed E-state index contributed by atoms with van der Waals surface area (Å²) in [6, 6.07) is 13.0. The largest absolute Gasteiger partial charge is 0.372 e. The molecule has 0 aliphatic carbocycles. The number of nitrogens with zero attached hydrogens (tertiary/aromatic N) is 3. The van der Waals surface area contributed by atoms with E-state index in [-0.39, 0.29) is 40.3 Å². The number of thioether (sulfide) groups is 1. The lowest BCUT2D eigenvalue weighted by atomic mass is 10.2. The molecule has 30 heavy (non-hydrogen) atoms. The number of para-hydroxylation sites is 2. The van der Waals surface area contributed by atoms with Crippen LogP contribution in [0.2, 0.25) is 0 Å². The summed E-state index contributed by atoms with van der Waals surface area (Å²) in [6.07, 6.45) is -0.0591. The Bertz CT molecular complexity index is 1140. The SMILES string of the molecule is CC1CN(C(=O)CSc2nc3ccccc3c(=O)n2-c2ccccc2F)CC(C)O1. The van der Waals surface area contributed by atoms with Crippen molar-refractivity contribution in [2.24, 2.45) is 0 Å². The molecule has 6 nitrogen and oxygen atoms in total. The molecule has 1 aliphatic rings. The first kappa shape index (κ1) is 20.6. The van der Waals surface area contributed by atoms with Crippen molar-refractivity contribution < 1.29 is 13.9 Å². The lowest BCUT2D eigenvalue weighted by molar-refractivity contribution is -0.140.